The molecule has 0 radical (unpaired) electrons. The molecule has 0 aliphatic carbocycles. The van der Waals surface area contributed by atoms with Gasteiger partial charge in [-0.1, -0.05) is 0 Å². The van der Waals surface area contributed by atoms with Crippen LogP contribution in [0.3, 0.4) is 0 Å². The van der Waals surface area contributed by atoms with Crippen LogP contribution in [0.4, 0.5) is 0 Å². The second-order valence-electron chi connectivity index (χ2n) is 2.34. The van der Waals surface area contributed by atoms with Crippen LogP contribution in [-0.4, -0.2) is 14.5 Å². The maximum atomic E-state index is 5.12. The molecule has 13 heavy (non-hydrogen) atoms. The molecule has 0 aliphatic heterocycles. The van der Waals surface area contributed by atoms with Gasteiger partial charge in [-0.15, -0.1) is 0 Å². The van der Waals surface area contributed by atoms with E-state index in [1.54, 1.807) is 22.7 Å². The summed E-state index contributed by atoms with van der Waals surface area (Å²) in [6, 6.07) is 4.18. The summed E-state index contributed by atoms with van der Waals surface area (Å²) < 4.78 is 1.14. The first-order valence-corrected chi connectivity index (χ1v) is 7.60. The van der Waals surface area contributed by atoms with Gasteiger partial charge in [0.1, 0.15) is 0 Å². The normalized spacial score (nSPS) is 11.1. The molecule has 0 unspecified atom stereocenters. The van der Waals surface area contributed by atoms with E-state index in [-0.39, 0.29) is 0 Å². The molecule has 2 rings (SSSR count). The zero-order chi connectivity index (χ0) is 9.10. The van der Waals surface area contributed by atoms with Crippen molar-refractivity contribution in [3.05, 3.63) is 34.9 Å². The molecule has 0 saturated carbocycles. The second kappa shape index (κ2) is 4.49. The predicted octanol–water partition coefficient (Wildman–Crippen LogP) is 3.77. The van der Waals surface area contributed by atoms with Crippen molar-refractivity contribution in [2.24, 2.45) is 0 Å². The average molecular weight is 289 g/mol. The van der Waals surface area contributed by atoms with Crippen molar-refractivity contribution in [2.75, 3.05) is 0 Å². The molecular formula is C9H6S3Se. The maximum absolute atomic E-state index is 5.12. The molecule has 0 bridgehead atoms. The van der Waals surface area contributed by atoms with Gasteiger partial charge in [0, 0.05) is 0 Å². The summed E-state index contributed by atoms with van der Waals surface area (Å²) in [5.74, 6) is 0. The van der Waals surface area contributed by atoms with Crippen LogP contribution in [0.15, 0.2) is 22.5 Å². The molecule has 0 atom stereocenters. The summed E-state index contributed by atoms with van der Waals surface area (Å²) in [5.41, 5.74) is 0. The van der Waals surface area contributed by atoms with E-state index in [4.69, 9.17) is 12.2 Å². The fourth-order valence-electron chi connectivity index (χ4n) is 0.874. The van der Waals surface area contributed by atoms with Crippen molar-refractivity contribution in [3.63, 3.8) is 0 Å². The third kappa shape index (κ3) is 2.73. The average Bonchev–Trinajstić information content (AvgIpc) is 2.71. The van der Waals surface area contributed by atoms with Crippen LogP contribution in [0.25, 0.3) is 12.2 Å². The molecule has 4 heteroatoms. The Bertz CT molecular complexity index is 447. The van der Waals surface area contributed by atoms with Crippen LogP contribution in [0.2, 0.25) is 0 Å². The van der Waals surface area contributed by atoms with Gasteiger partial charge in [0.2, 0.25) is 0 Å². The van der Waals surface area contributed by atoms with Gasteiger partial charge in [-0.2, -0.15) is 0 Å². The van der Waals surface area contributed by atoms with E-state index in [1.165, 1.54) is 9.75 Å². The van der Waals surface area contributed by atoms with E-state index in [2.05, 4.69) is 34.6 Å². The van der Waals surface area contributed by atoms with Crippen molar-refractivity contribution >= 4 is 61.5 Å². The standard InChI is InChI=1S/C9H6S3Se/c10-9-12-8(6-13-9)4-3-7-2-1-5-11-7/h1-6H/b4-3+. The Kier molecular flexibility index (Phi) is 3.30. The predicted molar refractivity (Wildman–Crippen MR) is 65.3 cm³/mol. The van der Waals surface area contributed by atoms with Crippen LogP contribution < -0.4 is 0 Å². The summed E-state index contributed by atoms with van der Waals surface area (Å²) in [4.78, 5) is 4.84. The molecule has 0 aromatic carbocycles. The number of thiophene rings is 1. The van der Waals surface area contributed by atoms with Gasteiger partial charge < -0.3 is 0 Å². The first kappa shape index (κ1) is 9.56. The van der Waals surface area contributed by atoms with E-state index in [9.17, 15) is 0 Å². The molecule has 0 amide bonds. The number of hydrogen-bond acceptors (Lipinski definition) is 3. The zero-order valence-corrected chi connectivity index (χ0v) is 10.8. The van der Waals surface area contributed by atoms with Gasteiger partial charge in [-0.05, 0) is 0 Å². The van der Waals surface area contributed by atoms with E-state index >= 15 is 0 Å². The van der Waals surface area contributed by atoms with Crippen molar-refractivity contribution in [2.45, 2.75) is 0 Å². The van der Waals surface area contributed by atoms with E-state index in [0.717, 1.165) is 2.70 Å². The Morgan fingerprint density at radius 1 is 1.31 bits per heavy atom. The summed E-state index contributed by atoms with van der Waals surface area (Å²) in [7, 11) is 0. The van der Waals surface area contributed by atoms with Crippen molar-refractivity contribution in [3.8, 4) is 0 Å². The molecule has 2 aromatic rings. The summed E-state index contributed by atoms with van der Waals surface area (Å²) in [6.45, 7) is 0. The Balaban J connectivity index is 2.19. The van der Waals surface area contributed by atoms with Crippen LogP contribution in [-0.2, 0) is 0 Å². The number of hydrogen-bond donors (Lipinski definition) is 0. The van der Waals surface area contributed by atoms with Gasteiger partial charge in [0.15, 0.2) is 0 Å². The Morgan fingerprint density at radius 2 is 2.15 bits per heavy atom. The molecular weight excluding hydrogens is 283 g/mol. The van der Waals surface area contributed by atoms with E-state index in [1.807, 2.05) is 0 Å². The third-order valence-electron chi connectivity index (χ3n) is 1.43. The van der Waals surface area contributed by atoms with Crippen molar-refractivity contribution < 1.29 is 0 Å². The quantitative estimate of drug-likeness (QED) is 0.599. The van der Waals surface area contributed by atoms with Crippen LogP contribution in [0, 0.1) is 2.70 Å². The molecule has 0 saturated heterocycles. The molecule has 0 nitrogen and oxygen atoms in total. The minimum atomic E-state index is 0.440. The van der Waals surface area contributed by atoms with E-state index < -0.39 is 0 Å². The molecule has 0 spiro atoms. The molecule has 0 fully saturated rings. The molecule has 2 aromatic heterocycles. The van der Waals surface area contributed by atoms with Crippen molar-refractivity contribution in [1.29, 1.82) is 0 Å². The summed E-state index contributed by atoms with van der Waals surface area (Å²) in [6.07, 6.45) is 4.30. The minimum absolute atomic E-state index is 0.440. The first-order chi connectivity index (χ1) is 6.34. The third-order valence-corrected chi connectivity index (χ3v) is 6.22. The zero-order valence-electron chi connectivity index (χ0n) is 6.60. The van der Waals surface area contributed by atoms with Crippen LogP contribution in [0.1, 0.15) is 9.75 Å². The topological polar surface area (TPSA) is 0 Å². The Morgan fingerprint density at radius 3 is 2.77 bits per heavy atom. The van der Waals surface area contributed by atoms with Crippen LogP contribution >= 0.6 is 34.9 Å². The molecule has 2 heterocycles. The Labute approximate surface area is 95.9 Å². The van der Waals surface area contributed by atoms with E-state index in [0.29, 0.717) is 14.5 Å². The fraction of sp³-hybridized carbons (Fsp3) is 0. The second-order valence-corrected chi connectivity index (χ2v) is 8.08. The van der Waals surface area contributed by atoms with Gasteiger partial charge in [0.25, 0.3) is 0 Å². The first-order valence-electron chi connectivity index (χ1n) is 3.65. The molecule has 66 valence electrons. The summed E-state index contributed by atoms with van der Waals surface area (Å²) in [5, 5.41) is 2.09. The van der Waals surface area contributed by atoms with Gasteiger partial charge in [-0.25, -0.2) is 0 Å². The SMILES string of the molecule is S=c1sc(/C=C/c2cccs2)c[se]1. The summed E-state index contributed by atoms with van der Waals surface area (Å²) >= 11 is 9.04. The van der Waals surface area contributed by atoms with Crippen LogP contribution in [0.5, 0.6) is 0 Å². The monoisotopic (exact) mass is 290 g/mol. The van der Waals surface area contributed by atoms with Crippen molar-refractivity contribution in [1.82, 2.24) is 0 Å². The fourth-order valence-corrected chi connectivity index (χ4v) is 4.78. The molecule has 0 aliphatic rings. The van der Waals surface area contributed by atoms with Gasteiger partial charge in [-0.3, -0.25) is 0 Å². The van der Waals surface area contributed by atoms with Gasteiger partial charge >= 0.3 is 96.5 Å². The molecule has 0 N–H and O–H groups in total. The van der Waals surface area contributed by atoms with Gasteiger partial charge in [0.05, 0.1) is 0 Å². The number of rotatable bonds is 2. The Hall–Kier alpha value is 0.00948.